The highest BCUT2D eigenvalue weighted by Crippen LogP contribution is 2.42. The zero-order valence-electron chi connectivity index (χ0n) is 17.1. The van der Waals surface area contributed by atoms with Crippen LogP contribution in [0.2, 0.25) is 0 Å². The molecule has 0 amide bonds. The van der Waals surface area contributed by atoms with E-state index in [2.05, 4.69) is 45.7 Å². The first-order valence-corrected chi connectivity index (χ1v) is 10.9. The van der Waals surface area contributed by atoms with Crippen LogP contribution in [0.1, 0.15) is 50.5 Å². The molecule has 0 radical (unpaired) electrons. The predicted octanol–water partition coefficient (Wildman–Crippen LogP) is 5.51. The maximum atomic E-state index is 4.49. The summed E-state index contributed by atoms with van der Waals surface area (Å²) >= 11 is 0. The van der Waals surface area contributed by atoms with Gasteiger partial charge in [-0.2, -0.15) is 0 Å². The number of hydrogen-bond acceptors (Lipinski definition) is 3. The van der Waals surface area contributed by atoms with Gasteiger partial charge in [0.15, 0.2) is 0 Å². The van der Waals surface area contributed by atoms with Gasteiger partial charge in [-0.25, -0.2) is 9.99 Å². The third-order valence-corrected chi connectivity index (χ3v) is 6.48. The lowest BCUT2D eigenvalue weighted by Gasteiger charge is -2.20. The summed E-state index contributed by atoms with van der Waals surface area (Å²) < 4.78 is 0. The molecular formula is C25H30N4. The molecule has 0 bridgehead atoms. The van der Waals surface area contributed by atoms with E-state index in [0.29, 0.717) is 0 Å². The Labute approximate surface area is 173 Å². The summed E-state index contributed by atoms with van der Waals surface area (Å²) in [4.78, 5) is 7.70. The van der Waals surface area contributed by atoms with Crippen LogP contribution in [-0.4, -0.2) is 28.1 Å². The Kier molecular flexibility index (Phi) is 4.88. The third kappa shape index (κ3) is 3.82. The van der Waals surface area contributed by atoms with Gasteiger partial charge in [0, 0.05) is 54.1 Å². The van der Waals surface area contributed by atoms with Crippen LogP contribution >= 0.6 is 0 Å². The molecule has 0 spiro atoms. The normalized spacial score (nSPS) is 21.7. The largest absolute Gasteiger partial charge is 0.346 e. The van der Waals surface area contributed by atoms with Crippen molar-refractivity contribution in [1.29, 1.82) is 0 Å². The first-order chi connectivity index (χ1) is 14.2. The molecule has 4 heteroatoms. The van der Waals surface area contributed by atoms with Crippen molar-refractivity contribution < 1.29 is 0 Å². The fourth-order valence-corrected chi connectivity index (χ4v) is 4.60. The minimum Gasteiger partial charge on any atom is -0.346 e. The fourth-order valence-electron chi connectivity index (χ4n) is 4.60. The molecule has 1 saturated carbocycles. The van der Waals surface area contributed by atoms with Crippen molar-refractivity contribution in [2.45, 2.75) is 44.9 Å². The van der Waals surface area contributed by atoms with Crippen molar-refractivity contribution in [3.63, 3.8) is 0 Å². The van der Waals surface area contributed by atoms with Crippen LogP contribution in [0.15, 0.2) is 65.7 Å². The van der Waals surface area contributed by atoms with Crippen molar-refractivity contribution in [3.05, 3.63) is 71.2 Å². The summed E-state index contributed by atoms with van der Waals surface area (Å²) in [6.07, 6.45) is 14.7. The molecule has 2 aliphatic carbocycles. The number of nitrogens with one attached hydrogen (secondary N) is 2. The first kappa shape index (κ1) is 18.4. The average molecular weight is 387 g/mol. The van der Waals surface area contributed by atoms with Crippen LogP contribution in [0.4, 0.5) is 0 Å². The summed E-state index contributed by atoms with van der Waals surface area (Å²) in [5.41, 5.74) is 12.0. The van der Waals surface area contributed by atoms with Crippen LogP contribution in [0.25, 0.3) is 17.1 Å². The van der Waals surface area contributed by atoms with Crippen LogP contribution < -0.4 is 5.43 Å². The van der Waals surface area contributed by atoms with E-state index in [1.54, 1.807) is 0 Å². The molecule has 2 fully saturated rings. The molecule has 2 N–H and O–H groups in total. The van der Waals surface area contributed by atoms with Crippen LogP contribution in [0, 0.1) is 5.92 Å². The van der Waals surface area contributed by atoms with Crippen LogP contribution in [0.5, 0.6) is 0 Å². The third-order valence-electron chi connectivity index (χ3n) is 6.48. The molecule has 150 valence electrons. The van der Waals surface area contributed by atoms with Crippen LogP contribution in [-0.2, 0) is 0 Å². The highest BCUT2D eigenvalue weighted by Gasteiger charge is 2.28. The van der Waals surface area contributed by atoms with E-state index in [1.165, 1.54) is 60.1 Å². The van der Waals surface area contributed by atoms with E-state index in [-0.39, 0.29) is 0 Å². The Balaban J connectivity index is 1.43. The second-order valence-electron chi connectivity index (χ2n) is 8.71. The number of hydrazine groups is 1. The number of fused-ring (bicyclic) bond motifs is 1. The van der Waals surface area contributed by atoms with Crippen molar-refractivity contribution in [2.75, 3.05) is 13.1 Å². The lowest BCUT2D eigenvalue weighted by atomic mass is 9.95. The van der Waals surface area contributed by atoms with Gasteiger partial charge in [0.1, 0.15) is 5.65 Å². The highest BCUT2D eigenvalue weighted by molar-refractivity contribution is 5.88. The first-order valence-electron chi connectivity index (χ1n) is 10.9. The molecule has 0 atom stereocenters. The molecule has 4 nitrogen and oxygen atoms in total. The Morgan fingerprint density at radius 3 is 2.93 bits per heavy atom. The lowest BCUT2D eigenvalue weighted by Crippen LogP contribution is -2.34. The Morgan fingerprint density at radius 2 is 2.14 bits per heavy atom. The zero-order chi connectivity index (χ0) is 19.8. The maximum Gasteiger partial charge on any atom is 0.137 e. The molecule has 0 unspecified atom stereocenters. The van der Waals surface area contributed by atoms with Crippen molar-refractivity contribution in [3.8, 4) is 0 Å². The Hall–Kier alpha value is -2.59. The number of allylic oxidation sites excluding steroid dienone is 4. The summed E-state index contributed by atoms with van der Waals surface area (Å²) in [6, 6.07) is 4.11. The fraction of sp³-hybridized carbons (Fsp3) is 0.400. The van der Waals surface area contributed by atoms with Crippen molar-refractivity contribution >= 4 is 17.1 Å². The van der Waals surface area contributed by atoms with Gasteiger partial charge in [0.25, 0.3) is 0 Å². The number of pyridine rings is 1. The molecule has 29 heavy (non-hydrogen) atoms. The van der Waals surface area contributed by atoms with Gasteiger partial charge in [-0.15, -0.1) is 0 Å². The molecule has 1 aliphatic heterocycles. The van der Waals surface area contributed by atoms with E-state index in [4.69, 9.17) is 0 Å². The van der Waals surface area contributed by atoms with Crippen molar-refractivity contribution in [1.82, 2.24) is 20.4 Å². The molecule has 3 aliphatic rings. The molecule has 2 aromatic rings. The molecule has 3 heterocycles. The smallest absolute Gasteiger partial charge is 0.137 e. The molecule has 1 saturated heterocycles. The van der Waals surface area contributed by atoms with Crippen molar-refractivity contribution in [2.24, 2.45) is 5.92 Å². The topological polar surface area (TPSA) is 44.0 Å². The Bertz CT molecular complexity index is 1010. The minimum absolute atomic E-state index is 0.889. The summed E-state index contributed by atoms with van der Waals surface area (Å²) in [7, 11) is 0. The molecule has 2 aromatic heterocycles. The number of aromatic nitrogens is 2. The standard InChI is InChI=1S/C25H30N4/c1-17(7-8-19-9-10-19)24-18(2)20(15-23(24)28-29-12-3-4-13-29)14-21-16-27-25-22(21)6-5-11-26-25/h5-6,11,14,16,19,28H,1-4,7-10,12-13,15H2,(H,26,27)/b20-14+. The second kappa shape index (κ2) is 7.68. The number of rotatable bonds is 7. The monoisotopic (exact) mass is 386 g/mol. The van der Waals surface area contributed by atoms with E-state index < -0.39 is 0 Å². The van der Waals surface area contributed by atoms with E-state index >= 15 is 0 Å². The SMILES string of the molecule is C=C(CCC1CC1)C1=C(NN2CCCC2)C/C(=C\c2c[nH]c3ncccc23)C1=C. The van der Waals surface area contributed by atoms with Gasteiger partial charge in [-0.3, -0.25) is 0 Å². The van der Waals surface area contributed by atoms with Gasteiger partial charge in [-0.05, 0) is 66.5 Å². The summed E-state index contributed by atoms with van der Waals surface area (Å²) in [6.45, 7) is 11.2. The number of hydrogen-bond donors (Lipinski definition) is 2. The average Bonchev–Trinajstić information content (AvgIpc) is 3.11. The second-order valence-corrected chi connectivity index (χ2v) is 8.71. The molecule has 5 rings (SSSR count). The van der Waals surface area contributed by atoms with Gasteiger partial charge in [-0.1, -0.05) is 26.0 Å². The maximum absolute atomic E-state index is 4.49. The minimum atomic E-state index is 0.889. The lowest BCUT2D eigenvalue weighted by molar-refractivity contribution is 0.264. The molecule has 0 aromatic carbocycles. The summed E-state index contributed by atoms with van der Waals surface area (Å²) in [5.74, 6) is 0.922. The quantitative estimate of drug-likeness (QED) is 0.660. The Morgan fingerprint density at radius 1 is 1.31 bits per heavy atom. The number of nitrogens with zero attached hydrogens (tertiary/aromatic N) is 2. The highest BCUT2D eigenvalue weighted by atomic mass is 15.5. The predicted molar refractivity (Wildman–Crippen MR) is 120 cm³/mol. The number of H-pyrrole nitrogens is 1. The van der Waals surface area contributed by atoms with E-state index in [1.807, 2.05) is 18.5 Å². The summed E-state index contributed by atoms with van der Waals surface area (Å²) in [5, 5.41) is 3.51. The molecular weight excluding hydrogens is 356 g/mol. The van der Waals surface area contributed by atoms with Gasteiger partial charge >= 0.3 is 0 Å². The van der Waals surface area contributed by atoms with E-state index in [9.17, 15) is 0 Å². The number of aromatic amines is 1. The van der Waals surface area contributed by atoms with Gasteiger partial charge < -0.3 is 10.4 Å². The van der Waals surface area contributed by atoms with E-state index in [0.717, 1.165) is 48.5 Å². The van der Waals surface area contributed by atoms with Gasteiger partial charge in [0.2, 0.25) is 0 Å². The zero-order valence-corrected chi connectivity index (χ0v) is 17.1. The van der Waals surface area contributed by atoms with Gasteiger partial charge in [0.05, 0.1) is 0 Å². The van der Waals surface area contributed by atoms with Crippen LogP contribution in [0.3, 0.4) is 0 Å².